The van der Waals surface area contributed by atoms with Crippen molar-refractivity contribution in [3.05, 3.63) is 36.0 Å². The van der Waals surface area contributed by atoms with E-state index in [-0.39, 0.29) is 11.9 Å². The summed E-state index contributed by atoms with van der Waals surface area (Å²) in [5.41, 5.74) is 3.17. The molecule has 1 aliphatic carbocycles. The van der Waals surface area contributed by atoms with Gasteiger partial charge in [0.2, 0.25) is 0 Å². The minimum Gasteiger partial charge on any atom is -0.349 e. The largest absolute Gasteiger partial charge is 0.349 e. The maximum atomic E-state index is 12.5. The first-order valence-corrected chi connectivity index (χ1v) is 7.34. The number of amides is 1. The lowest BCUT2D eigenvalue weighted by Crippen LogP contribution is -2.33. The van der Waals surface area contributed by atoms with Gasteiger partial charge in [-0.05, 0) is 30.6 Å². The number of nitrogen functional groups attached to an aromatic ring is 1. The molecule has 21 heavy (non-hydrogen) atoms. The number of nitrogens with one attached hydrogen (secondary N) is 2. The lowest BCUT2D eigenvalue weighted by molar-refractivity contribution is 0.0938. The average Bonchev–Trinajstić information content (AvgIpc) is 2.91. The normalized spacial score (nSPS) is 21.4. The van der Waals surface area contributed by atoms with Crippen molar-refractivity contribution in [1.82, 2.24) is 10.3 Å². The Labute approximate surface area is 123 Å². The highest BCUT2D eigenvalue weighted by Gasteiger charge is 2.24. The second-order valence-electron chi connectivity index (χ2n) is 5.80. The molecule has 1 fully saturated rings. The number of anilines is 1. The number of carbonyl (C=O) groups is 1. The third-order valence-corrected chi connectivity index (χ3v) is 4.21. The summed E-state index contributed by atoms with van der Waals surface area (Å²) in [6.45, 7) is 2.23. The van der Waals surface area contributed by atoms with Crippen LogP contribution < -0.4 is 16.6 Å². The molecule has 0 radical (unpaired) electrons. The third-order valence-electron chi connectivity index (χ3n) is 4.21. The van der Waals surface area contributed by atoms with Crippen LogP contribution in [0.1, 0.15) is 36.5 Å². The lowest BCUT2D eigenvalue weighted by Gasteiger charge is -2.14. The maximum Gasteiger partial charge on any atom is 0.253 e. The Hall–Kier alpha value is -2.14. The molecule has 0 saturated heterocycles. The predicted octanol–water partition coefficient (Wildman–Crippen LogP) is 2.44. The SMILES string of the molecule is CC1CCC(NC(=O)c2cnc(NN)c3ccccc23)C1. The fourth-order valence-electron chi connectivity index (χ4n) is 3.09. The lowest BCUT2D eigenvalue weighted by atomic mass is 10.1. The molecule has 1 aromatic carbocycles. The Morgan fingerprint density at radius 3 is 2.71 bits per heavy atom. The first-order chi connectivity index (χ1) is 10.2. The maximum absolute atomic E-state index is 12.5. The van der Waals surface area contributed by atoms with E-state index in [0.29, 0.717) is 17.3 Å². The van der Waals surface area contributed by atoms with E-state index < -0.39 is 0 Å². The van der Waals surface area contributed by atoms with E-state index in [4.69, 9.17) is 5.84 Å². The van der Waals surface area contributed by atoms with Crippen LogP contribution in [-0.2, 0) is 0 Å². The van der Waals surface area contributed by atoms with E-state index in [1.165, 1.54) is 6.42 Å². The molecule has 0 aliphatic heterocycles. The van der Waals surface area contributed by atoms with Crippen molar-refractivity contribution in [2.45, 2.75) is 32.2 Å². The fourth-order valence-corrected chi connectivity index (χ4v) is 3.09. The van der Waals surface area contributed by atoms with Gasteiger partial charge in [0.25, 0.3) is 5.91 Å². The smallest absolute Gasteiger partial charge is 0.253 e. The van der Waals surface area contributed by atoms with Crippen LogP contribution >= 0.6 is 0 Å². The van der Waals surface area contributed by atoms with Crippen LogP contribution in [-0.4, -0.2) is 16.9 Å². The van der Waals surface area contributed by atoms with E-state index in [1.807, 2.05) is 24.3 Å². The molecular weight excluding hydrogens is 264 g/mol. The van der Waals surface area contributed by atoms with E-state index in [2.05, 4.69) is 22.7 Å². The quantitative estimate of drug-likeness (QED) is 0.597. The van der Waals surface area contributed by atoms with Gasteiger partial charge in [0.1, 0.15) is 5.82 Å². The summed E-state index contributed by atoms with van der Waals surface area (Å²) in [5, 5.41) is 4.84. The van der Waals surface area contributed by atoms with Crippen molar-refractivity contribution in [1.29, 1.82) is 0 Å². The second-order valence-corrected chi connectivity index (χ2v) is 5.80. The summed E-state index contributed by atoms with van der Waals surface area (Å²) in [6, 6.07) is 7.93. The number of aromatic nitrogens is 1. The van der Waals surface area contributed by atoms with Crippen molar-refractivity contribution < 1.29 is 4.79 Å². The van der Waals surface area contributed by atoms with Crippen molar-refractivity contribution >= 4 is 22.5 Å². The molecule has 4 N–H and O–H groups in total. The molecule has 0 spiro atoms. The topological polar surface area (TPSA) is 80.0 Å². The summed E-state index contributed by atoms with van der Waals surface area (Å²) in [6.07, 6.45) is 4.88. The summed E-state index contributed by atoms with van der Waals surface area (Å²) in [7, 11) is 0. The van der Waals surface area contributed by atoms with Gasteiger partial charge in [0.05, 0.1) is 5.56 Å². The van der Waals surface area contributed by atoms with Crippen LogP contribution in [0.2, 0.25) is 0 Å². The Balaban J connectivity index is 1.91. The van der Waals surface area contributed by atoms with Crippen molar-refractivity contribution in [2.75, 3.05) is 5.43 Å². The van der Waals surface area contributed by atoms with Crippen LogP contribution in [0.3, 0.4) is 0 Å². The standard InChI is InChI=1S/C16H20N4O/c1-10-6-7-11(8-10)19-16(21)14-9-18-15(20-17)13-5-3-2-4-12(13)14/h2-5,9-11H,6-8,17H2,1H3,(H,18,20)(H,19,21). The molecule has 5 heteroatoms. The van der Waals surface area contributed by atoms with Gasteiger partial charge in [-0.3, -0.25) is 4.79 Å². The van der Waals surface area contributed by atoms with Crippen molar-refractivity contribution in [3.63, 3.8) is 0 Å². The Bertz CT molecular complexity index is 670. The van der Waals surface area contributed by atoms with E-state index in [9.17, 15) is 4.79 Å². The molecule has 1 aromatic heterocycles. The van der Waals surface area contributed by atoms with Gasteiger partial charge < -0.3 is 10.7 Å². The Morgan fingerprint density at radius 2 is 2.05 bits per heavy atom. The predicted molar refractivity (Wildman–Crippen MR) is 83.8 cm³/mol. The fraction of sp³-hybridized carbons (Fsp3) is 0.375. The molecule has 2 unspecified atom stereocenters. The molecule has 110 valence electrons. The zero-order valence-corrected chi connectivity index (χ0v) is 12.1. The molecule has 5 nitrogen and oxygen atoms in total. The highest BCUT2D eigenvalue weighted by molar-refractivity contribution is 6.09. The highest BCUT2D eigenvalue weighted by Crippen LogP contribution is 2.27. The number of carbonyl (C=O) groups excluding carboxylic acids is 1. The number of hydrogen-bond acceptors (Lipinski definition) is 4. The number of benzene rings is 1. The molecule has 0 bridgehead atoms. The minimum atomic E-state index is -0.0543. The third kappa shape index (κ3) is 2.69. The number of hydrazine groups is 1. The van der Waals surface area contributed by atoms with Crippen LogP contribution in [0, 0.1) is 5.92 Å². The van der Waals surface area contributed by atoms with E-state index in [1.54, 1.807) is 6.20 Å². The van der Waals surface area contributed by atoms with E-state index >= 15 is 0 Å². The van der Waals surface area contributed by atoms with Crippen LogP contribution in [0.15, 0.2) is 30.5 Å². The van der Waals surface area contributed by atoms with Crippen LogP contribution in [0.4, 0.5) is 5.82 Å². The summed E-state index contributed by atoms with van der Waals surface area (Å²) >= 11 is 0. The molecule has 2 aromatic rings. The number of hydrogen-bond donors (Lipinski definition) is 3. The van der Waals surface area contributed by atoms with Crippen LogP contribution in [0.5, 0.6) is 0 Å². The van der Waals surface area contributed by atoms with Crippen molar-refractivity contribution in [3.8, 4) is 0 Å². The number of fused-ring (bicyclic) bond motifs is 1. The Morgan fingerprint density at radius 1 is 1.29 bits per heavy atom. The van der Waals surface area contributed by atoms with Gasteiger partial charge in [0, 0.05) is 17.6 Å². The number of pyridine rings is 1. The number of rotatable bonds is 3. The van der Waals surface area contributed by atoms with Gasteiger partial charge in [-0.1, -0.05) is 31.2 Å². The van der Waals surface area contributed by atoms with Gasteiger partial charge >= 0.3 is 0 Å². The average molecular weight is 284 g/mol. The molecule has 2 atom stereocenters. The zero-order chi connectivity index (χ0) is 14.8. The van der Waals surface area contributed by atoms with Gasteiger partial charge in [-0.2, -0.15) is 0 Å². The summed E-state index contributed by atoms with van der Waals surface area (Å²) in [5.74, 6) is 6.69. The van der Waals surface area contributed by atoms with Crippen molar-refractivity contribution in [2.24, 2.45) is 11.8 Å². The number of nitrogens with two attached hydrogens (primary N) is 1. The minimum absolute atomic E-state index is 0.0543. The molecule has 1 aliphatic rings. The van der Waals surface area contributed by atoms with E-state index in [0.717, 1.165) is 23.6 Å². The summed E-state index contributed by atoms with van der Waals surface area (Å²) < 4.78 is 0. The number of nitrogens with zero attached hydrogens (tertiary/aromatic N) is 1. The summed E-state index contributed by atoms with van der Waals surface area (Å²) in [4.78, 5) is 16.8. The molecule has 1 saturated carbocycles. The zero-order valence-electron chi connectivity index (χ0n) is 12.1. The first kappa shape index (κ1) is 13.8. The monoisotopic (exact) mass is 284 g/mol. The van der Waals surface area contributed by atoms with Gasteiger partial charge in [-0.25, -0.2) is 10.8 Å². The Kier molecular flexibility index (Phi) is 3.75. The first-order valence-electron chi connectivity index (χ1n) is 7.34. The molecule has 1 amide bonds. The van der Waals surface area contributed by atoms with Gasteiger partial charge in [0.15, 0.2) is 0 Å². The van der Waals surface area contributed by atoms with Crippen LogP contribution in [0.25, 0.3) is 10.8 Å². The molecular formula is C16H20N4O. The highest BCUT2D eigenvalue weighted by atomic mass is 16.1. The molecule has 1 heterocycles. The van der Waals surface area contributed by atoms with Gasteiger partial charge in [-0.15, -0.1) is 0 Å². The second kappa shape index (κ2) is 5.69. The molecule has 3 rings (SSSR count).